The predicted molar refractivity (Wildman–Crippen MR) is 60.4 cm³/mol. The number of hydrogen-bond donors (Lipinski definition) is 1. The van der Waals surface area contributed by atoms with Crippen molar-refractivity contribution in [1.82, 2.24) is 9.78 Å². The van der Waals surface area contributed by atoms with Crippen LogP contribution in [0.5, 0.6) is 0 Å². The maximum atomic E-state index is 12.5. The predicted octanol–water partition coefficient (Wildman–Crippen LogP) is 2.73. The summed E-state index contributed by atoms with van der Waals surface area (Å²) < 4.78 is 38.8. The highest BCUT2D eigenvalue weighted by molar-refractivity contribution is 7.99. The van der Waals surface area contributed by atoms with Crippen LogP contribution in [0.4, 0.5) is 13.2 Å². The summed E-state index contributed by atoms with van der Waals surface area (Å²) in [4.78, 5) is 10.4. The number of rotatable bonds is 5. The van der Waals surface area contributed by atoms with Crippen LogP contribution in [0.15, 0.2) is 11.1 Å². The molecule has 0 amide bonds. The molecule has 1 aromatic rings. The van der Waals surface area contributed by atoms with E-state index < -0.39 is 17.8 Å². The van der Waals surface area contributed by atoms with Crippen molar-refractivity contribution in [2.75, 3.05) is 5.75 Å². The van der Waals surface area contributed by atoms with Gasteiger partial charge >= 0.3 is 12.1 Å². The molecule has 102 valence electrons. The Kier molecular flexibility index (Phi) is 4.66. The summed E-state index contributed by atoms with van der Waals surface area (Å²) >= 11 is 0.835. The van der Waals surface area contributed by atoms with E-state index in [1.165, 1.54) is 4.68 Å². The number of carbonyl (C=O) groups is 1. The molecule has 0 atom stereocenters. The third-order valence-electron chi connectivity index (χ3n) is 1.92. The SMILES string of the molecule is CC(C)Cn1nc(C(F)(F)F)cc1SCC(=O)O. The lowest BCUT2D eigenvalue weighted by atomic mass is 10.2. The second-order valence-electron chi connectivity index (χ2n) is 4.12. The molecule has 0 aliphatic rings. The van der Waals surface area contributed by atoms with E-state index in [1.54, 1.807) is 0 Å². The van der Waals surface area contributed by atoms with Crippen LogP contribution in [0.3, 0.4) is 0 Å². The standard InChI is InChI=1S/C10H13F3N2O2S/c1-6(2)4-15-8(18-5-9(16)17)3-7(14-15)10(11,12)13/h3,6H,4-5H2,1-2H3,(H,16,17). The van der Waals surface area contributed by atoms with Gasteiger partial charge in [-0.25, -0.2) is 0 Å². The minimum absolute atomic E-state index is 0.121. The largest absolute Gasteiger partial charge is 0.481 e. The van der Waals surface area contributed by atoms with Crippen LogP contribution in [-0.4, -0.2) is 26.6 Å². The van der Waals surface area contributed by atoms with Crippen molar-refractivity contribution in [2.45, 2.75) is 31.6 Å². The molecule has 0 fully saturated rings. The number of halogens is 3. The van der Waals surface area contributed by atoms with E-state index >= 15 is 0 Å². The summed E-state index contributed by atoms with van der Waals surface area (Å²) in [5, 5.41) is 12.2. The minimum Gasteiger partial charge on any atom is -0.481 e. The highest BCUT2D eigenvalue weighted by Crippen LogP contribution is 2.31. The topological polar surface area (TPSA) is 55.1 Å². The molecule has 18 heavy (non-hydrogen) atoms. The van der Waals surface area contributed by atoms with Gasteiger partial charge in [0.1, 0.15) is 0 Å². The average Bonchev–Trinajstić information content (AvgIpc) is 2.56. The molecule has 0 saturated heterocycles. The van der Waals surface area contributed by atoms with Gasteiger partial charge in [-0.15, -0.1) is 0 Å². The third-order valence-corrected chi connectivity index (χ3v) is 2.93. The lowest BCUT2D eigenvalue weighted by Crippen LogP contribution is -2.11. The average molecular weight is 282 g/mol. The Balaban J connectivity index is 2.97. The number of nitrogens with zero attached hydrogens (tertiary/aromatic N) is 2. The Hall–Kier alpha value is -1.18. The fourth-order valence-electron chi connectivity index (χ4n) is 1.27. The highest BCUT2D eigenvalue weighted by atomic mass is 32.2. The van der Waals surface area contributed by atoms with Crippen molar-refractivity contribution < 1.29 is 23.1 Å². The molecule has 0 spiro atoms. The minimum atomic E-state index is -4.51. The van der Waals surface area contributed by atoms with E-state index in [0.29, 0.717) is 6.54 Å². The zero-order chi connectivity index (χ0) is 13.9. The van der Waals surface area contributed by atoms with E-state index in [2.05, 4.69) is 5.10 Å². The number of carboxylic acids is 1. The molecule has 0 aliphatic heterocycles. The lowest BCUT2D eigenvalue weighted by molar-refractivity contribution is -0.141. The summed E-state index contributed by atoms with van der Waals surface area (Å²) in [6.07, 6.45) is -4.51. The molecular formula is C10H13F3N2O2S. The second kappa shape index (κ2) is 5.64. The van der Waals surface area contributed by atoms with Crippen LogP contribution >= 0.6 is 11.8 Å². The Morgan fingerprint density at radius 3 is 2.61 bits per heavy atom. The summed E-state index contributed by atoms with van der Waals surface area (Å²) in [6.45, 7) is 4.01. The van der Waals surface area contributed by atoms with Gasteiger partial charge in [0, 0.05) is 12.6 Å². The molecule has 0 bridgehead atoms. The number of aromatic nitrogens is 2. The van der Waals surface area contributed by atoms with Crippen LogP contribution in [0, 0.1) is 5.92 Å². The number of thioether (sulfide) groups is 1. The summed E-state index contributed by atoms with van der Waals surface area (Å²) in [5.74, 6) is -1.25. The number of carboxylic acid groups (broad SMARTS) is 1. The van der Waals surface area contributed by atoms with Gasteiger partial charge in [0.15, 0.2) is 5.69 Å². The van der Waals surface area contributed by atoms with E-state index in [-0.39, 0.29) is 16.7 Å². The zero-order valence-corrected chi connectivity index (χ0v) is 10.7. The summed E-state index contributed by atoms with van der Waals surface area (Å²) in [7, 11) is 0. The Bertz CT molecular complexity index is 429. The lowest BCUT2D eigenvalue weighted by Gasteiger charge is -2.08. The van der Waals surface area contributed by atoms with Crippen LogP contribution in [0.2, 0.25) is 0 Å². The monoisotopic (exact) mass is 282 g/mol. The molecule has 0 saturated carbocycles. The van der Waals surface area contributed by atoms with E-state index in [9.17, 15) is 18.0 Å². The van der Waals surface area contributed by atoms with Crippen molar-refractivity contribution in [3.63, 3.8) is 0 Å². The van der Waals surface area contributed by atoms with Gasteiger partial charge in [-0.2, -0.15) is 18.3 Å². The van der Waals surface area contributed by atoms with Gasteiger partial charge in [-0.3, -0.25) is 9.48 Å². The first-order valence-electron chi connectivity index (χ1n) is 5.19. The Morgan fingerprint density at radius 1 is 1.56 bits per heavy atom. The van der Waals surface area contributed by atoms with Gasteiger partial charge < -0.3 is 5.11 Å². The maximum absolute atomic E-state index is 12.5. The molecule has 0 radical (unpaired) electrons. The maximum Gasteiger partial charge on any atom is 0.435 e. The quantitative estimate of drug-likeness (QED) is 0.844. The van der Waals surface area contributed by atoms with Gasteiger partial charge in [0.2, 0.25) is 0 Å². The van der Waals surface area contributed by atoms with Gasteiger partial charge in [0.05, 0.1) is 10.8 Å². The smallest absolute Gasteiger partial charge is 0.435 e. The zero-order valence-electron chi connectivity index (χ0n) is 9.86. The Labute approximate surface area is 106 Å². The Morgan fingerprint density at radius 2 is 2.17 bits per heavy atom. The first-order chi connectivity index (χ1) is 8.20. The second-order valence-corrected chi connectivity index (χ2v) is 5.12. The molecule has 1 N–H and O–H groups in total. The fourth-order valence-corrected chi connectivity index (χ4v) is 2.00. The molecular weight excluding hydrogens is 269 g/mol. The molecule has 0 aromatic carbocycles. The van der Waals surface area contributed by atoms with E-state index in [4.69, 9.17) is 5.11 Å². The van der Waals surface area contributed by atoms with Crippen LogP contribution < -0.4 is 0 Å². The molecule has 1 rings (SSSR count). The fraction of sp³-hybridized carbons (Fsp3) is 0.600. The van der Waals surface area contributed by atoms with E-state index in [0.717, 1.165) is 17.8 Å². The molecule has 1 aromatic heterocycles. The van der Waals surface area contributed by atoms with Crippen molar-refractivity contribution in [1.29, 1.82) is 0 Å². The van der Waals surface area contributed by atoms with Crippen LogP contribution in [-0.2, 0) is 17.5 Å². The summed E-state index contributed by atoms with van der Waals surface area (Å²) in [5.41, 5.74) is -0.990. The van der Waals surface area contributed by atoms with Crippen molar-refractivity contribution in [3.8, 4) is 0 Å². The number of alkyl halides is 3. The van der Waals surface area contributed by atoms with Crippen molar-refractivity contribution in [2.24, 2.45) is 5.92 Å². The van der Waals surface area contributed by atoms with E-state index in [1.807, 2.05) is 13.8 Å². The summed E-state index contributed by atoms with van der Waals surface area (Å²) in [6, 6.07) is 0.885. The number of aliphatic carboxylic acids is 1. The van der Waals surface area contributed by atoms with Crippen LogP contribution in [0.1, 0.15) is 19.5 Å². The van der Waals surface area contributed by atoms with Gasteiger partial charge in [-0.1, -0.05) is 25.6 Å². The van der Waals surface area contributed by atoms with Gasteiger partial charge in [0.25, 0.3) is 0 Å². The third kappa shape index (κ3) is 4.25. The molecule has 1 heterocycles. The molecule has 0 aliphatic carbocycles. The normalized spacial score (nSPS) is 12.1. The molecule has 0 unspecified atom stereocenters. The van der Waals surface area contributed by atoms with Crippen LogP contribution in [0.25, 0.3) is 0 Å². The molecule has 8 heteroatoms. The first-order valence-corrected chi connectivity index (χ1v) is 6.18. The molecule has 4 nitrogen and oxygen atoms in total. The van der Waals surface area contributed by atoms with Gasteiger partial charge in [-0.05, 0) is 5.92 Å². The number of hydrogen-bond acceptors (Lipinski definition) is 3. The first kappa shape index (κ1) is 14.9. The highest BCUT2D eigenvalue weighted by Gasteiger charge is 2.35. The van der Waals surface area contributed by atoms with Crippen molar-refractivity contribution >= 4 is 17.7 Å². The van der Waals surface area contributed by atoms with Crippen molar-refractivity contribution in [3.05, 3.63) is 11.8 Å².